The Labute approximate surface area is 438 Å². The number of allylic oxidation sites excluding steroid dienone is 4. The molecule has 0 aromatic carbocycles. The third kappa shape index (κ3) is 58.9. The maximum atomic E-state index is 12.9. The van der Waals surface area contributed by atoms with E-state index < -0.39 is 6.10 Å². The van der Waals surface area contributed by atoms with Crippen molar-refractivity contribution in [1.29, 1.82) is 0 Å². The monoisotopic (exact) mass is 985 g/mol. The van der Waals surface area contributed by atoms with E-state index in [1.165, 1.54) is 289 Å². The lowest BCUT2D eigenvalue weighted by atomic mass is 10.0. The van der Waals surface area contributed by atoms with Crippen molar-refractivity contribution in [1.82, 2.24) is 0 Å². The molecule has 5 heteroatoms. The van der Waals surface area contributed by atoms with Crippen molar-refractivity contribution in [2.24, 2.45) is 0 Å². The SMILES string of the molecule is CCCCCCCC/C=C\CCCCCCCCCCCCCC(=O)O[C@H](COCCCCCCCCCCCCCCCCCC)COC(=O)CCCCCCCCC/C=C\CCCCCCCC. The highest BCUT2D eigenvalue weighted by molar-refractivity contribution is 5.70. The van der Waals surface area contributed by atoms with Gasteiger partial charge in [-0.2, -0.15) is 0 Å². The zero-order valence-electron chi connectivity index (χ0n) is 47.8. The fourth-order valence-corrected chi connectivity index (χ4v) is 9.68. The molecule has 0 rings (SSSR count). The van der Waals surface area contributed by atoms with Crippen molar-refractivity contribution < 1.29 is 23.8 Å². The van der Waals surface area contributed by atoms with Crippen molar-refractivity contribution in [3.05, 3.63) is 24.3 Å². The second-order valence-electron chi connectivity index (χ2n) is 21.7. The van der Waals surface area contributed by atoms with Crippen LogP contribution in [0.3, 0.4) is 0 Å². The first-order valence-corrected chi connectivity index (χ1v) is 31.9. The fraction of sp³-hybridized carbons (Fsp3) is 0.908. The summed E-state index contributed by atoms with van der Waals surface area (Å²) >= 11 is 0. The highest BCUT2D eigenvalue weighted by Gasteiger charge is 2.18. The molecule has 0 radical (unpaired) electrons. The Hall–Kier alpha value is -1.62. The van der Waals surface area contributed by atoms with E-state index in [1.807, 2.05) is 0 Å². The predicted octanol–water partition coefficient (Wildman–Crippen LogP) is 21.9. The van der Waals surface area contributed by atoms with Gasteiger partial charge in [-0.1, -0.05) is 295 Å². The summed E-state index contributed by atoms with van der Waals surface area (Å²) in [6.45, 7) is 7.90. The van der Waals surface area contributed by atoms with Gasteiger partial charge in [-0.25, -0.2) is 0 Å². The maximum absolute atomic E-state index is 12.9. The van der Waals surface area contributed by atoms with Gasteiger partial charge in [-0.15, -0.1) is 0 Å². The molecule has 0 unspecified atom stereocenters. The molecule has 70 heavy (non-hydrogen) atoms. The smallest absolute Gasteiger partial charge is 0.306 e. The van der Waals surface area contributed by atoms with Crippen molar-refractivity contribution in [2.45, 2.75) is 361 Å². The molecular weight excluding hydrogens is 861 g/mol. The molecule has 0 aromatic heterocycles. The summed E-state index contributed by atoms with van der Waals surface area (Å²) in [7, 11) is 0. The third-order valence-corrected chi connectivity index (χ3v) is 14.5. The summed E-state index contributed by atoms with van der Waals surface area (Å²) in [5, 5.41) is 0. The molecule has 414 valence electrons. The predicted molar refractivity (Wildman–Crippen MR) is 307 cm³/mol. The zero-order valence-corrected chi connectivity index (χ0v) is 47.8. The van der Waals surface area contributed by atoms with Crippen molar-refractivity contribution in [3.63, 3.8) is 0 Å². The van der Waals surface area contributed by atoms with E-state index in [0.29, 0.717) is 26.1 Å². The molecule has 0 heterocycles. The standard InChI is InChI=1S/C65H124O5/c1-4-7-10-13-16-19-22-25-28-31-32-33-34-36-38-41-44-47-50-53-56-59-65(67)70-63(61-68-60-57-54-51-48-45-42-39-30-27-24-21-18-15-12-9-6-3)62-69-64(66)58-55-52-49-46-43-40-37-35-29-26-23-20-17-14-11-8-5-2/h25-26,28-29,63H,4-24,27,30-62H2,1-3H3/b28-25-,29-26-/t63-/m1/s1. The molecular formula is C65H124O5. The van der Waals surface area contributed by atoms with Gasteiger partial charge in [0.05, 0.1) is 6.61 Å². The maximum Gasteiger partial charge on any atom is 0.306 e. The number of esters is 2. The van der Waals surface area contributed by atoms with Crippen molar-refractivity contribution in [2.75, 3.05) is 19.8 Å². The van der Waals surface area contributed by atoms with E-state index in [1.54, 1.807) is 0 Å². The Morgan fingerprint density at radius 1 is 0.300 bits per heavy atom. The first-order valence-electron chi connectivity index (χ1n) is 31.9. The lowest BCUT2D eigenvalue weighted by Gasteiger charge is -2.18. The first kappa shape index (κ1) is 68.4. The van der Waals surface area contributed by atoms with Crippen LogP contribution in [0.25, 0.3) is 0 Å². The molecule has 0 bridgehead atoms. The van der Waals surface area contributed by atoms with Crippen LogP contribution in [-0.4, -0.2) is 37.9 Å². The Kier molecular flexibility index (Phi) is 60.3. The first-order chi connectivity index (χ1) is 34.6. The van der Waals surface area contributed by atoms with Crippen LogP contribution in [0.15, 0.2) is 24.3 Å². The summed E-state index contributed by atoms with van der Waals surface area (Å²) in [5.41, 5.74) is 0. The van der Waals surface area contributed by atoms with Crippen LogP contribution in [0.2, 0.25) is 0 Å². The van der Waals surface area contributed by atoms with Gasteiger partial charge in [0.25, 0.3) is 0 Å². The lowest BCUT2D eigenvalue weighted by molar-refractivity contribution is -0.163. The average Bonchev–Trinajstić information content (AvgIpc) is 3.36. The molecule has 0 saturated carbocycles. The summed E-state index contributed by atoms with van der Waals surface area (Å²) in [6.07, 6.45) is 75.0. The summed E-state index contributed by atoms with van der Waals surface area (Å²) < 4.78 is 17.6. The largest absolute Gasteiger partial charge is 0.462 e. The Morgan fingerprint density at radius 2 is 0.557 bits per heavy atom. The molecule has 0 spiro atoms. The molecule has 0 amide bonds. The molecule has 0 aromatic rings. The van der Waals surface area contributed by atoms with E-state index in [2.05, 4.69) is 45.1 Å². The van der Waals surface area contributed by atoms with Crippen LogP contribution >= 0.6 is 0 Å². The second kappa shape index (κ2) is 61.7. The molecule has 0 aliphatic carbocycles. The fourth-order valence-electron chi connectivity index (χ4n) is 9.68. The van der Waals surface area contributed by atoms with Crippen LogP contribution in [0, 0.1) is 0 Å². The van der Waals surface area contributed by atoms with Crippen LogP contribution in [0.4, 0.5) is 0 Å². The van der Waals surface area contributed by atoms with Crippen LogP contribution in [0.1, 0.15) is 355 Å². The highest BCUT2D eigenvalue weighted by Crippen LogP contribution is 2.17. The van der Waals surface area contributed by atoms with Gasteiger partial charge in [-0.3, -0.25) is 9.59 Å². The average molecular weight is 986 g/mol. The van der Waals surface area contributed by atoms with Gasteiger partial charge >= 0.3 is 11.9 Å². The van der Waals surface area contributed by atoms with Crippen LogP contribution in [-0.2, 0) is 23.8 Å². The van der Waals surface area contributed by atoms with Crippen molar-refractivity contribution >= 4 is 11.9 Å². The third-order valence-electron chi connectivity index (χ3n) is 14.5. The number of carbonyl (C=O) groups is 2. The van der Waals surface area contributed by atoms with Gasteiger partial charge in [0, 0.05) is 19.4 Å². The molecule has 5 nitrogen and oxygen atoms in total. The number of hydrogen-bond acceptors (Lipinski definition) is 5. The van der Waals surface area contributed by atoms with E-state index in [4.69, 9.17) is 14.2 Å². The van der Waals surface area contributed by atoms with Gasteiger partial charge < -0.3 is 14.2 Å². The van der Waals surface area contributed by atoms with Gasteiger partial charge in [0.15, 0.2) is 6.10 Å². The number of rotatable bonds is 60. The van der Waals surface area contributed by atoms with E-state index in [0.717, 1.165) is 32.1 Å². The quantitative estimate of drug-likeness (QED) is 0.0345. The van der Waals surface area contributed by atoms with Crippen LogP contribution in [0.5, 0.6) is 0 Å². The molecule has 0 aliphatic heterocycles. The minimum absolute atomic E-state index is 0.0906. The minimum Gasteiger partial charge on any atom is -0.462 e. The number of carbonyl (C=O) groups excluding carboxylic acids is 2. The molecule has 0 saturated heterocycles. The Morgan fingerprint density at radius 3 is 0.871 bits per heavy atom. The van der Waals surface area contributed by atoms with Gasteiger partial charge in [0.2, 0.25) is 0 Å². The number of ether oxygens (including phenoxy) is 3. The highest BCUT2D eigenvalue weighted by atomic mass is 16.6. The normalized spacial score (nSPS) is 12.2. The van der Waals surface area contributed by atoms with Gasteiger partial charge in [0.1, 0.15) is 6.61 Å². The molecule has 0 N–H and O–H groups in total. The van der Waals surface area contributed by atoms with E-state index >= 15 is 0 Å². The zero-order chi connectivity index (χ0) is 50.6. The number of unbranched alkanes of at least 4 members (excludes halogenated alkanes) is 45. The second-order valence-corrected chi connectivity index (χ2v) is 21.7. The molecule has 0 fully saturated rings. The lowest BCUT2D eigenvalue weighted by Crippen LogP contribution is -2.30. The molecule has 0 aliphatic rings. The van der Waals surface area contributed by atoms with Crippen LogP contribution < -0.4 is 0 Å². The summed E-state index contributed by atoms with van der Waals surface area (Å²) in [6, 6.07) is 0. The van der Waals surface area contributed by atoms with E-state index in [9.17, 15) is 9.59 Å². The topological polar surface area (TPSA) is 61.8 Å². The minimum atomic E-state index is -0.533. The van der Waals surface area contributed by atoms with Gasteiger partial charge in [-0.05, 0) is 70.6 Å². The van der Waals surface area contributed by atoms with Crippen molar-refractivity contribution in [3.8, 4) is 0 Å². The summed E-state index contributed by atoms with van der Waals surface area (Å²) in [4.78, 5) is 25.6. The Balaban J connectivity index is 4.21. The van der Waals surface area contributed by atoms with E-state index in [-0.39, 0.29) is 18.5 Å². The Bertz CT molecular complexity index is 1070. The summed E-state index contributed by atoms with van der Waals surface area (Å²) in [5.74, 6) is -0.377. The molecule has 1 atom stereocenters. The number of hydrogen-bond donors (Lipinski definition) is 0.